The molecule has 1 aliphatic rings. The van der Waals surface area contributed by atoms with Gasteiger partial charge in [0.2, 0.25) is 0 Å². The summed E-state index contributed by atoms with van der Waals surface area (Å²) in [6.45, 7) is 7.41. The third-order valence-electron chi connectivity index (χ3n) is 5.12. The Kier molecular flexibility index (Phi) is 7.49. The molecule has 0 saturated carbocycles. The van der Waals surface area contributed by atoms with E-state index in [0.29, 0.717) is 35.8 Å². The molecule has 34 heavy (non-hydrogen) atoms. The Morgan fingerprint density at radius 2 is 2.09 bits per heavy atom. The number of ether oxygens (including phenoxy) is 1. The fraction of sp³-hybridized carbons (Fsp3) is 0.429. The molecule has 0 unspecified atom stereocenters. The van der Waals surface area contributed by atoms with Crippen LogP contribution in [0.3, 0.4) is 0 Å². The quantitative estimate of drug-likeness (QED) is 0.212. The lowest BCUT2D eigenvalue weighted by molar-refractivity contribution is -0.385. The van der Waals surface area contributed by atoms with Gasteiger partial charge in [0.05, 0.1) is 36.3 Å². The number of carbonyl (C=O) groups is 1. The van der Waals surface area contributed by atoms with E-state index in [1.54, 1.807) is 22.6 Å². The zero-order chi connectivity index (χ0) is 24.2. The van der Waals surface area contributed by atoms with Crippen LogP contribution in [0.1, 0.15) is 24.2 Å². The second-order valence-corrected chi connectivity index (χ2v) is 9.86. The van der Waals surface area contributed by atoms with E-state index in [-0.39, 0.29) is 22.8 Å². The molecule has 3 heterocycles. The molecule has 0 aliphatic carbocycles. The third-order valence-corrected chi connectivity index (χ3v) is 6.22. The van der Waals surface area contributed by atoms with Crippen molar-refractivity contribution in [3.8, 4) is 0 Å². The van der Waals surface area contributed by atoms with Crippen LogP contribution in [0.5, 0.6) is 0 Å². The van der Waals surface area contributed by atoms with Gasteiger partial charge >= 0.3 is 0 Å². The Bertz CT molecular complexity index is 1210. The van der Waals surface area contributed by atoms with Crippen molar-refractivity contribution in [2.75, 3.05) is 37.7 Å². The first-order valence-corrected chi connectivity index (χ1v) is 12.0. The van der Waals surface area contributed by atoms with Crippen LogP contribution < -0.4 is 10.2 Å². The second kappa shape index (κ2) is 10.5. The summed E-state index contributed by atoms with van der Waals surface area (Å²) in [6.07, 6.45) is 1.73. The molecule has 1 saturated heterocycles. The first-order valence-electron chi connectivity index (χ1n) is 10.8. The van der Waals surface area contributed by atoms with Gasteiger partial charge in [0.1, 0.15) is 11.4 Å². The maximum Gasteiger partial charge on any atom is 0.282 e. The Labute approximate surface area is 205 Å². The number of morpholine rings is 1. The van der Waals surface area contributed by atoms with E-state index in [1.165, 1.54) is 18.2 Å². The number of nitrogens with one attached hydrogen (secondary N) is 1. The molecule has 1 N–H and O–H groups in total. The monoisotopic (exact) mass is 505 g/mol. The van der Waals surface area contributed by atoms with Crippen LogP contribution in [-0.2, 0) is 11.3 Å². The molecule has 0 bridgehead atoms. The lowest BCUT2D eigenvalue weighted by atomic mass is 10.1. The number of amides is 1. The van der Waals surface area contributed by atoms with Crippen molar-refractivity contribution < 1.29 is 14.5 Å². The summed E-state index contributed by atoms with van der Waals surface area (Å²) in [5.74, 6) is 0.242. The van der Waals surface area contributed by atoms with E-state index in [9.17, 15) is 14.9 Å². The Morgan fingerprint density at radius 1 is 1.32 bits per heavy atom. The van der Waals surface area contributed by atoms with Crippen LogP contribution in [0.25, 0.3) is 11.0 Å². The van der Waals surface area contributed by atoms with Gasteiger partial charge < -0.3 is 15.0 Å². The fourth-order valence-corrected chi connectivity index (χ4v) is 4.46. The van der Waals surface area contributed by atoms with Crippen molar-refractivity contribution in [2.45, 2.75) is 30.8 Å². The van der Waals surface area contributed by atoms with Gasteiger partial charge in [0.25, 0.3) is 11.6 Å². The maximum absolute atomic E-state index is 12.6. The SMILES string of the molecule is CC(C)Sc1nc(N2CCOCC2)c2cnn(CCNC(=O)c3cc(Cl)ccc3[N+](=O)[O-])c2n1. The first-order chi connectivity index (χ1) is 16.3. The van der Waals surface area contributed by atoms with Crippen molar-refractivity contribution in [3.05, 3.63) is 45.1 Å². The summed E-state index contributed by atoms with van der Waals surface area (Å²) < 4.78 is 7.18. The molecule has 0 atom stereocenters. The molecular formula is C21H24ClN7O4S. The number of nitro groups is 1. The molecule has 2 aromatic heterocycles. The topological polar surface area (TPSA) is 128 Å². The van der Waals surface area contributed by atoms with E-state index in [0.717, 1.165) is 24.3 Å². The van der Waals surface area contributed by atoms with Gasteiger partial charge in [-0.1, -0.05) is 37.2 Å². The van der Waals surface area contributed by atoms with Crippen molar-refractivity contribution in [2.24, 2.45) is 0 Å². The number of carbonyl (C=O) groups excluding carboxylic acids is 1. The van der Waals surface area contributed by atoms with Gasteiger partial charge in [-0.15, -0.1) is 0 Å². The molecule has 3 aromatic rings. The number of fused-ring (bicyclic) bond motifs is 1. The number of benzene rings is 1. The number of hydrogen-bond acceptors (Lipinski definition) is 9. The van der Waals surface area contributed by atoms with Gasteiger partial charge in [-0.05, 0) is 12.1 Å². The number of hydrogen-bond donors (Lipinski definition) is 1. The minimum Gasteiger partial charge on any atom is -0.378 e. The number of anilines is 1. The third kappa shape index (κ3) is 5.40. The molecule has 11 nitrogen and oxygen atoms in total. The Balaban J connectivity index is 1.55. The number of thioether (sulfide) groups is 1. The van der Waals surface area contributed by atoms with Gasteiger partial charge in [-0.3, -0.25) is 14.9 Å². The number of nitro benzene ring substituents is 1. The van der Waals surface area contributed by atoms with Crippen LogP contribution in [0.15, 0.2) is 29.6 Å². The normalized spacial score (nSPS) is 14.1. The number of halogens is 1. The average molecular weight is 506 g/mol. The summed E-state index contributed by atoms with van der Waals surface area (Å²) in [7, 11) is 0. The summed E-state index contributed by atoms with van der Waals surface area (Å²) in [6, 6.07) is 3.89. The van der Waals surface area contributed by atoms with E-state index < -0.39 is 10.8 Å². The minimum atomic E-state index is -0.607. The first kappa shape index (κ1) is 24.2. The lowest BCUT2D eigenvalue weighted by Gasteiger charge is -2.28. The van der Waals surface area contributed by atoms with Gasteiger partial charge in [-0.2, -0.15) is 5.10 Å². The van der Waals surface area contributed by atoms with E-state index in [4.69, 9.17) is 26.3 Å². The largest absolute Gasteiger partial charge is 0.378 e. The molecule has 13 heteroatoms. The molecule has 180 valence electrons. The van der Waals surface area contributed by atoms with E-state index in [1.807, 2.05) is 0 Å². The van der Waals surface area contributed by atoms with Crippen LogP contribution in [0, 0.1) is 10.1 Å². The van der Waals surface area contributed by atoms with Crippen molar-refractivity contribution >= 4 is 51.8 Å². The van der Waals surface area contributed by atoms with Crippen LogP contribution in [0.4, 0.5) is 11.5 Å². The zero-order valence-electron chi connectivity index (χ0n) is 18.7. The molecule has 4 rings (SSSR count). The van der Waals surface area contributed by atoms with Crippen LogP contribution >= 0.6 is 23.4 Å². The zero-order valence-corrected chi connectivity index (χ0v) is 20.3. The predicted octanol–water partition coefficient (Wildman–Crippen LogP) is 3.16. The standard InChI is InChI=1S/C21H24ClN7O4S/c1-13(2)34-21-25-18(27-7-9-33-10-8-27)16-12-24-28(19(16)26-21)6-5-23-20(30)15-11-14(22)3-4-17(15)29(31)32/h3-4,11-13H,5-10H2,1-2H3,(H,23,30). The van der Waals surface area contributed by atoms with Gasteiger partial charge in [0.15, 0.2) is 10.8 Å². The summed E-state index contributed by atoms with van der Waals surface area (Å²) >= 11 is 7.50. The summed E-state index contributed by atoms with van der Waals surface area (Å²) in [5, 5.41) is 20.5. The highest BCUT2D eigenvalue weighted by Gasteiger charge is 2.22. The highest BCUT2D eigenvalue weighted by atomic mass is 35.5. The van der Waals surface area contributed by atoms with E-state index >= 15 is 0 Å². The molecule has 1 amide bonds. The predicted molar refractivity (Wildman–Crippen MR) is 130 cm³/mol. The number of rotatable bonds is 8. The van der Waals surface area contributed by atoms with Gasteiger partial charge in [0, 0.05) is 36.0 Å². The molecule has 0 spiro atoms. The molecular weight excluding hydrogens is 482 g/mol. The minimum absolute atomic E-state index is 0.0876. The molecule has 1 fully saturated rings. The molecule has 0 radical (unpaired) electrons. The van der Waals surface area contributed by atoms with E-state index in [2.05, 4.69) is 29.2 Å². The Hall–Kier alpha value is -2.96. The Morgan fingerprint density at radius 3 is 2.79 bits per heavy atom. The maximum atomic E-state index is 12.6. The number of aromatic nitrogens is 4. The van der Waals surface area contributed by atoms with Crippen molar-refractivity contribution in [1.29, 1.82) is 0 Å². The average Bonchev–Trinajstić information content (AvgIpc) is 3.21. The lowest BCUT2D eigenvalue weighted by Crippen LogP contribution is -2.37. The van der Waals surface area contributed by atoms with Crippen LogP contribution in [-0.4, -0.2) is 68.7 Å². The summed E-state index contributed by atoms with van der Waals surface area (Å²) in [5.41, 5.74) is 0.280. The molecule has 1 aliphatic heterocycles. The fourth-order valence-electron chi connectivity index (χ4n) is 3.58. The number of nitrogens with zero attached hydrogens (tertiary/aromatic N) is 6. The summed E-state index contributed by atoms with van der Waals surface area (Å²) in [4.78, 5) is 34.9. The molecule has 1 aromatic carbocycles. The van der Waals surface area contributed by atoms with Crippen LogP contribution in [0.2, 0.25) is 5.02 Å². The highest BCUT2D eigenvalue weighted by Crippen LogP contribution is 2.29. The van der Waals surface area contributed by atoms with Gasteiger partial charge in [-0.25, -0.2) is 14.6 Å². The smallest absolute Gasteiger partial charge is 0.282 e. The highest BCUT2D eigenvalue weighted by molar-refractivity contribution is 7.99. The van der Waals surface area contributed by atoms with Crippen molar-refractivity contribution in [1.82, 2.24) is 25.1 Å². The second-order valence-electron chi connectivity index (χ2n) is 7.88. The van der Waals surface area contributed by atoms with Crippen molar-refractivity contribution in [3.63, 3.8) is 0 Å².